The highest BCUT2D eigenvalue weighted by atomic mass is 32.1. The van der Waals surface area contributed by atoms with Crippen molar-refractivity contribution in [3.05, 3.63) is 57.1 Å². The Hall–Kier alpha value is -2.63. The molecule has 1 unspecified atom stereocenters. The zero-order chi connectivity index (χ0) is 22.1. The van der Waals surface area contributed by atoms with Gasteiger partial charge in [0.2, 0.25) is 0 Å². The minimum Gasteiger partial charge on any atom is -0.506 e. The van der Waals surface area contributed by atoms with Crippen LogP contribution >= 0.6 is 20.6 Å². The highest BCUT2D eigenvalue weighted by molar-refractivity contribution is 7.28. The van der Waals surface area contributed by atoms with E-state index < -0.39 is 0 Å². The highest BCUT2D eigenvalue weighted by Gasteiger charge is 2.21. The van der Waals surface area contributed by atoms with E-state index in [1.807, 2.05) is 16.8 Å². The molecule has 0 spiro atoms. The molecule has 0 aliphatic rings. The molecule has 2 aromatic heterocycles. The van der Waals surface area contributed by atoms with Crippen molar-refractivity contribution in [3.8, 4) is 16.9 Å². The predicted octanol–water partition coefficient (Wildman–Crippen LogP) is 3.84. The van der Waals surface area contributed by atoms with Crippen molar-refractivity contribution in [2.24, 2.45) is 16.1 Å². The van der Waals surface area contributed by atoms with E-state index >= 15 is 0 Å². The van der Waals surface area contributed by atoms with E-state index in [-0.39, 0.29) is 28.1 Å². The summed E-state index contributed by atoms with van der Waals surface area (Å²) in [5.74, 6) is -0.194. The molecule has 0 fully saturated rings. The van der Waals surface area contributed by atoms with Crippen molar-refractivity contribution in [1.82, 2.24) is 4.57 Å². The van der Waals surface area contributed by atoms with Crippen LogP contribution < -0.4 is 22.3 Å². The molecule has 0 aliphatic heterocycles. The van der Waals surface area contributed by atoms with Crippen molar-refractivity contribution in [1.29, 1.82) is 0 Å². The number of hydrogen-bond acceptors (Lipinski definition) is 5. The van der Waals surface area contributed by atoms with Crippen LogP contribution in [-0.4, -0.2) is 15.5 Å². The van der Waals surface area contributed by atoms with E-state index in [0.717, 1.165) is 17.3 Å². The molecule has 3 aromatic rings. The summed E-state index contributed by atoms with van der Waals surface area (Å²) in [5, 5.41) is 15.6. The van der Waals surface area contributed by atoms with Crippen LogP contribution in [0.2, 0.25) is 0 Å². The third-order valence-electron chi connectivity index (χ3n) is 4.74. The Morgan fingerprint density at radius 2 is 2.03 bits per heavy atom. The van der Waals surface area contributed by atoms with Gasteiger partial charge in [-0.1, -0.05) is 20.8 Å². The number of nitrogens with two attached hydrogens (primary N) is 2. The van der Waals surface area contributed by atoms with Crippen molar-refractivity contribution in [2.75, 3.05) is 5.73 Å². The number of aromatic nitrogens is 1. The monoisotopic (exact) mass is 442 g/mol. The van der Waals surface area contributed by atoms with Crippen molar-refractivity contribution in [2.45, 2.75) is 33.7 Å². The third kappa shape index (κ3) is 4.91. The molecule has 158 valence electrons. The quantitative estimate of drug-likeness (QED) is 0.242. The fourth-order valence-corrected chi connectivity index (χ4v) is 4.01. The van der Waals surface area contributed by atoms with Crippen LogP contribution in [0.15, 0.2) is 51.0 Å². The molecule has 0 aliphatic carbocycles. The summed E-state index contributed by atoms with van der Waals surface area (Å²) in [7, 11) is 2.55. The topological polar surface area (TPSA) is 107 Å². The zero-order valence-corrected chi connectivity index (χ0v) is 19.3. The Morgan fingerprint density at radius 3 is 2.63 bits per heavy atom. The van der Waals surface area contributed by atoms with Gasteiger partial charge in [-0.2, -0.15) is 11.3 Å². The summed E-state index contributed by atoms with van der Waals surface area (Å²) < 4.78 is 1.61. The van der Waals surface area contributed by atoms with Crippen LogP contribution in [0.4, 0.5) is 11.4 Å². The minimum atomic E-state index is -0.363. The Labute approximate surface area is 182 Å². The molecule has 2 heterocycles. The van der Waals surface area contributed by atoms with Crippen LogP contribution in [0.5, 0.6) is 5.75 Å². The zero-order valence-electron chi connectivity index (χ0n) is 17.3. The van der Waals surface area contributed by atoms with E-state index in [1.165, 1.54) is 11.3 Å². The maximum Gasteiger partial charge on any atom is 0.265 e. The van der Waals surface area contributed by atoms with E-state index in [0.29, 0.717) is 23.5 Å². The summed E-state index contributed by atoms with van der Waals surface area (Å²) in [6.45, 7) is 6.88. The second-order valence-electron chi connectivity index (χ2n) is 8.40. The fourth-order valence-electron chi connectivity index (χ4n) is 3.00. The van der Waals surface area contributed by atoms with Crippen LogP contribution in [0.3, 0.4) is 0 Å². The third-order valence-corrected chi connectivity index (χ3v) is 5.88. The van der Waals surface area contributed by atoms with Crippen molar-refractivity contribution >= 4 is 43.1 Å². The summed E-state index contributed by atoms with van der Waals surface area (Å²) in [5.41, 5.74) is 14.3. The number of aromatic hydroxyl groups is 1. The van der Waals surface area contributed by atoms with Gasteiger partial charge >= 0.3 is 0 Å². The van der Waals surface area contributed by atoms with Crippen LogP contribution in [0, 0.1) is 5.41 Å². The minimum absolute atomic E-state index is 0.00818. The maximum absolute atomic E-state index is 13.2. The summed E-state index contributed by atoms with van der Waals surface area (Å²) in [6, 6.07) is 7.08. The normalized spacial score (nSPS) is 12.3. The number of benzene rings is 1. The molecule has 0 radical (unpaired) electrons. The molecule has 30 heavy (non-hydrogen) atoms. The SMILES string of the molecule is CC(C)(C)CCn1cc(-c2ccsc2)c(O)c(C(N)=Nc2ccc(N)cc2P)c1=O. The van der Waals surface area contributed by atoms with Gasteiger partial charge in [-0.15, -0.1) is 9.24 Å². The molecule has 8 heteroatoms. The number of rotatable bonds is 5. The Balaban J connectivity index is 2.17. The number of nitrogens with zero attached hydrogens (tertiary/aromatic N) is 2. The first-order valence-electron chi connectivity index (χ1n) is 9.55. The van der Waals surface area contributed by atoms with Gasteiger partial charge in [0.05, 0.1) is 5.69 Å². The maximum atomic E-state index is 13.2. The molecule has 1 atom stereocenters. The first kappa shape index (κ1) is 22.1. The fraction of sp³-hybridized carbons (Fsp3) is 0.273. The number of pyridine rings is 1. The average Bonchev–Trinajstić information content (AvgIpc) is 3.17. The van der Waals surface area contributed by atoms with Crippen molar-refractivity contribution in [3.63, 3.8) is 0 Å². The van der Waals surface area contributed by atoms with E-state index in [9.17, 15) is 9.90 Å². The number of amidine groups is 1. The molecule has 0 bridgehead atoms. The van der Waals surface area contributed by atoms with Gasteiger partial charge in [0.25, 0.3) is 5.56 Å². The summed E-state index contributed by atoms with van der Waals surface area (Å²) in [4.78, 5) is 17.6. The number of hydrogen-bond donors (Lipinski definition) is 3. The first-order chi connectivity index (χ1) is 14.1. The molecule has 0 amide bonds. The highest BCUT2D eigenvalue weighted by Crippen LogP contribution is 2.32. The average molecular weight is 443 g/mol. The Kier molecular flexibility index (Phi) is 6.34. The van der Waals surface area contributed by atoms with Crippen LogP contribution in [0.25, 0.3) is 11.1 Å². The van der Waals surface area contributed by atoms with Crippen LogP contribution in [-0.2, 0) is 6.54 Å². The molecule has 5 N–H and O–H groups in total. The van der Waals surface area contributed by atoms with Gasteiger partial charge in [-0.05, 0) is 57.7 Å². The van der Waals surface area contributed by atoms with Crippen molar-refractivity contribution < 1.29 is 5.11 Å². The number of nitrogen functional groups attached to an aromatic ring is 1. The molecular formula is C22H27N4O2PS. The Bertz CT molecular complexity index is 1150. The van der Waals surface area contributed by atoms with Gasteiger partial charge in [-0.25, -0.2) is 4.99 Å². The van der Waals surface area contributed by atoms with Gasteiger partial charge in [0.15, 0.2) is 0 Å². The lowest BCUT2D eigenvalue weighted by molar-refractivity contribution is 0.347. The number of anilines is 1. The smallest absolute Gasteiger partial charge is 0.265 e. The summed E-state index contributed by atoms with van der Waals surface area (Å²) in [6.07, 6.45) is 2.50. The number of aliphatic imine (C=N–C) groups is 1. The van der Waals surface area contributed by atoms with E-state index in [1.54, 1.807) is 29.0 Å². The standard InChI is InChI=1S/C22H27N4O2PS/c1-22(2,3)7-8-26-11-15(13-6-9-30-12-13)19(27)18(21(26)28)20(24)25-16-5-4-14(23)10-17(16)29/h4-6,9-12,27H,7-8,23,29H2,1-3H3,(H2,24,25). The molecule has 3 rings (SSSR count). The number of aryl methyl sites for hydroxylation is 1. The number of thiophene rings is 1. The molecule has 6 nitrogen and oxygen atoms in total. The van der Waals surface area contributed by atoms with Gasteiger partial charge in [0.1, 0.15) is 17.1 Å². The summed E-state index contributed by atoms with van der Waals surface area (Å²) >= 11 is 1.52. The molecule has 0 saturated heterocycles. The first-order valence-corrected chi connectivity index (χ1v) is 11.1. The van der Waals surface area contributed by atoms with Gasteiger partial charge < -0.3 is 21.1 Å². The predicted molar refractivity (Wildman–Crippen MR) is 130 cm³/mol. The lowest BCUT2D eigenvalue weighted by Gasteiger charge is -2.20. The Morgan fingerprint density at radius 1 is 1.30 bits per heavy atom. The van der Waals surface area contributed by atoms with Gasteiger partial charge in [-0.3, -0.25) is 4.79 Å². The largest absolute Gasteiger partial charge is 0.506 e. The second kappa shape index (κ2) is 8.62. The lowest BCUT2D eigenvalue weighted by atomic mass is 9.92. The molecule has 0 saturated carbocycles. The second-order valence-corrected chi connectivity index (χ2v) is 9.80. The van der Waals surface area contributed by atoms with E-state index in [4.69, 9.17) is 11.5 Å². The van der Waals surface area contributed by atoms with Crippen LogP contribution in [0.1, 0.15) is 32.8 Å². The lowest BCUT2D eigenvalue weighted by Crippen LogP contribution is -2.31. The molecule has 1 aromatic carbocycles. The van der Waals surface area contributed by atoms with E-state index in [2.05, 4.69) is 35.0 Å². The molecular weight excluding hydrogens is 415 g/mol. The van der Waals surface area contributed by atoms with Gasteiger partial charge in [0, 0.05) is 24.0 Å².